The van der Waals surface area contributed by atoms with Gasteiger partial charge in [-0.1, -0.05) is 12.1 Å². The largest absolute Gasteiger partial charge is 0.378 e. The molecule has 29 heavy (non-hydrogen) atoms. The van der Waals surface area contributed by atoms with Crippen molar-refractivity contribution in [2.24, 2.45) is 0 Å². The number of carbonyl (C=O) groups is 2. The standard InChI is InChI=1S/C24H25N3O2/c1-16-12-17(2)14-21(13-16)26-24(29)19-7-5-6-18(15-19)23(28)25-20-8-10-22(11-9-20)27(3)4/h5-15H,1-4H3,(H,25,28)(H,26,29). The fourth-order valence-electron chi connectivity index (χ4n) is 3.10. The van der Waals surface area contributed by atoms with Gasteiger partial charge in [-0.15, -0.1) is 0 Å². The van der Waals surface area contributed by atoms with E-state index in [0.717, 1.165) is 22.5 Å². The van der Waals surface area contributed by atoms with Crippen LogP contribution >= 0.6 is 0 Å². The molecule has 2 N–H and O–H groups in total. The molecule has 3 rings (SSSR count). The van der Waals surface area contributed by atoms with Crippen molar-refractivity contribution in [2.75, 3.05) is 29.6 Å². The lowest BCUT2D eigenvalue weighted by atomic mass is 10.1. The lowest BCUT2D eigenvalue weighted by Crippen LogP contribution is -2.16. The van der Waals surface area contributed by atoms with Gasteiger partial charge in [0.25, 0.3) is 11.8 Å². The number of aryl methyl sites for hydroxylation is 2. The molecule has 0 spiro atoms. The summed E-state index contributed by atoms with van der Waals surface area (Å²) in [6.45, 7) is 3.97. The molecule has 0 bridgehead atoms. The number of hydrogen-bond donors (Lipinski definition) is 2. The van der Waals surface area contributed by atoms with E-state index < -0.39 is 0 Å². The summed E-state index contributed by atoms with van der Waals surface area (Å²) in [4.78, 5) is 27.2. The van der Waals surface area contributed by atoms with Gasteiger partial charge in [0.1, 0.15) is 0 Å². The van der Waals surface area contributed by atoms with E-state index in [1.165, 1.54) is 0 Å². The predicted molar refractivity (Wildman–Crippen MR) is 119 cm³/mol. The van der Waals surface area contributed by atoms with E-state index in [0.29, 0.717) is 16.8 Å². The zero-order valence-corrected chi connectivity index (χ0v) is 17.1. The lowest BCUT2D eigenvalue weighted by Gasteiger charge is -2.13. The number of hydrogen-bond acceptors (Lipinski definition) is 3. The third kappa shape index (κ3) is 5.23. The highest BCUT2D eigenvalue weighted by atomic mass is 16.2. The summed E-state index contributed by atoms with van der Waals surface area (Å²) >= 11 is 0. The molecule has 2 amide bonds. The Morgan fingerprint density at radius 2 is 1.21 bits per heavy atom. The van der Waals surface area contributed by atoms with E-state index in [2.05, 4.69) is 10.6 Å². The van der Waals surface area contributed by atoms with Gasteiger partial charge in [0, 0.05) is 42.3 Å². The Morgan fingerprint density at radius 3 is 1.72 bits per heavy atom. The highest BCUT2D eigenvalue weighted by Gasteiger charge is 2.12. The predicted octanol–water partition coefficient (Wildman–Crippen LogP) is 4.87. The molecule has 0 unspecified atom stereocenters. The van der Waals surface area contributed by atoms with Gasteiger partial charge in [0.05, 0.1) is 0 Å². The van der Waals surface area contributed by atoms with Crippen LogP contribution in [0.1, 0.15) is 31.8 Å². The smallest absolute Gasteiger partial charge is 0.255 e. The first-order valence-electron chi connectivity index (χ1n) is 9.40. The number of carbonyl (C=O) groups excluding carboxylic acids is 2. The van der Waals surface area contributed by atoms with Crippen molar-refractivity contribution in [3.8, 4) is 0 Å². The Kier molecular flexibility index (Phi) is 5.98. The Labute approximate surface area is 171 Å². The summed E-state index contributed by atoms with van der Waals surface area (Å²) in [6, 6.07) is 20.1. The summed E-state index contributed by atoms with van der Waals surface area (Å²) in [5.74, 6) is -0.511. The van der Waals surface area contributed by atoms with Crippen LogP contribution in [-0.2, 0) is 0 Å². The van der Waals surface area contributed by atoms with Crippen molar-refractivity contribution >= 4 is 28.9 Å². The molecule has 148 valence electrons. The van der Waals surface area contributed by atoms with Gasteiger partial charge in [-0.05, 0) is 79.6 Å². The summed E-state index contributed by atoms with van der Waals surface area (Å²) in [5.41, 5.74) is 5.50. The topological polar surface area (TPSA) is 61.4 Å². The number of amides is 2. The minimum atomic E-state index is -0.261. The monoisotopic (exact) mass is 387 g/mol. The molecule has 0 aliphatic heterocycles. The third-order valence-corrected chi connectivity index (χ3v) is 4.51. The Bertz CT molecular complexity index is 1020. The van der Waals surface area contributed by atoms with Crippen LogP contribution in [0.25, 0.3) is 0 Å². The van der Waals surface area contributed by atoms with Gasteiger partial charge in [-0.2, -0.15) is 0 Å². The zero-order chi connectivity index (χ0) is 21.0. The summed E-state index contributed by atoms with van der Waals surface area (Å²) in [5, 5.41) is 5.76. The molecular weight excluding hydrogens is 362 g/mol. The second-order valence-corrected chi connectivity index (χ2v) is 7.31. The van der Waals surface area contributed by atoms with E-state index >= 15 is 0 Å². The van der Waals surface area contributed by atoms with E-state index in [1.54, 1.807) is 24.3 Å². The zero-order valence-electron chi connectivity index (χ0n) is 17.1. The van der Waals surface area contributed by atoms with Gasteiger partial charge in [-0.3, -0.25) is 9.59 Å². The molecule has 0 fully saturated rings. The van der Waals surface area contributed by atoms with Gasteiger partial charge >= 0.3 is 0 Å². The molecule has 0 radical (unpaired) electrons. The molecule has 0 atom stereocenters. The average Bonchev–Trinajstić information content (AvgIpc) is 2.67. The highest BCUT2D eigenvalue weighted by Crippen LogP contribution is 2.18. The normalized spacial score (nSPS) is 10.3. The van der Waals surface area contributed by atoms with E-state index in [-0.39, 0.29) is 11.8 Å². The summed E-state index contributed by atoms with van der Waals surface area (Å²) < 4.78 is 0. The van der Waals surface area contributed by atoms with Crippen molar-refractivity contribution in [1.29, 1.82) is 0 Å². The number of benzene rings is 3. The van der Waals surface area contributed by atoms with Crippen molar-refractivity contribution in [3.05, 3.63) is 89.0 Å². The van der Waals surface area contributed by atoms with Gasteiger partial charge < -0.3 is 15.5 Å². The minimum Gasteiger partial charge on any atom is -0.378 e. The van der Waals surface area contributed by atoms with E-state index in [4.69, 9.17) is 0 Å². The second-order valence-electron chi connectivity index (χ2n) is 7.31. The first-order chi connectivity index (χ1) is 13.8. The fraction of sp³-hybridized carbons (Fsp3) is 0.167. The quantitative estimate of drug-likeness (QED) is 0.656. The molecule has 0 saturated carbocycles. The molecule has 5 nitrogen and oxygen atoms in total. The molecule has 3 aromatic carbocycles. The van der Waals surface area contributed by atoms with E-state index in [1.807, 2.05) is 75.3 Å². The number of anilines is 3. The maximum absolute atomic E-state index is 12.6. The SMILES string of the molecule is Cc1cc(C)cc(NC(=O)c2cccc(C(=O)Nc3ccc(N(C)C)cc3)c2)c1. The number of nitrogens with zero attached hydrogens (tertiary/aromatic N) is 1. The van der Waals surface area contributed by atoms with Crippen LogP contribution in [0.3, 0.4) is 0 Å². The van der Waals surface area contributed by atoms with Crippen molar-refractivity contribution in [3.63, 3.8) is 0 Å². The van der Waals surface area contributed by atoms with Crippen LogP contribution in [0.15, 0.2) is 66.7 Å². The maximum atomic E-state index is 12.6. The molecular formula is C24H25N3O2. The van der Waals surface area contributed by atoms with E-state index in [9.17, 15) is 9.59 Å². The summed E-state index contributed by atoms with van der Waals surface area (Å²) in [6.07, 6.45) is 0. The van der Waals surface area contributed by atoms with Crippen LogP contribution < -0.4 is 15.5 Å². The van der Waals surface area contributed by atoms with Crippen LogP contribution in [0, 0.1) is 13.8 Å². The van der Waals surface area contributed by atoms with Crippen LogP contribution in [0.2, 0.25) is 0 Å². The van der Waals surface area contributed by atoms with Gasteiger partial charge in [0.2, 0.25) is 0 Å². The average molecular weight is 387 g/mol. The molecule has 0 aromatic heterocycles. The number of rotatable bonds is 5. The lowest BCUT2D eigenvalue weighted by molar-refractivity contribution is 0.102. The molecule has 5 heteroatoms. The second kappa shape index (κ2) is 8.61. The van der Waals surface area contributed by atoms with Crippen LogP contribution in [0.5, 0.6) is 0 Å². The fourth-order valence-corrected chi connectivity index (χ4v) is 3.10. The van der Waals surface area contributed by atoms with Crippen molar-refractivity contribution in [2.45, 2.75) is 13.8 Å². The Morgan fingerprint density at radius 1 is 0.690 bits per heavy atom. The molecule has 0 aliphatic rings. The van der Waals surface area contributed by atoms with Gasteiger partial charge in [0.15, 0.2) is 0 Å². The molecule has 3 aromatic rings. The third-order valence-electron chi connectivity index (χ3n) is 4.51. The molecule has 0 aliphatic carbocycles. The molecule has 0 saturated heterocycles. The van der Waals surface area contributed by atoms with Crippen LogP contribution in [-0.4, -0.2) is 25.9 Å². The van der Waals surface area contributed by atoms with Crippen molar-refractivity contribution in [1.82, 2.24) is 0 Å². The minimum absolute atomic E-state index is 0.250. The number of nitrogens with one attached hydrogen (secondary N) is 2. The highest BCUT2D eigenvalue weighted by molar-refractivity contribution is 6.08. The Hall–Kier alpha value is -3.60. The van der Waals surface area contributed by atoms with Crippen molar-refractivity contribution < 1.29 is 9.59 Å². The first-order valence-corrected chi connectivity index (χ1v) is 9.40. The van der Waals surface area contributed by atoms with Gasteiger partial charge in [-0.25, -0.2) is 0 Å². The Balaban J connectivity index is 1.72. The molecule has 0 heterocycles. The summed E-state index contributed by atoms with van der Waals surface area (Å²) in [7, 11) is 3.92. The first kappa shape index (κ1) is 20.1. The van der Waals surface area contributed by atoms with Crippen LogP contribution in [0.4, 0.5) is 17.1 Å². The maximum Gasteiger partial charge on any atom is 0.255 e.